The van der Waals surface area contributed by atoms with Gasteiger partial charge in [0.15, 0.2) is 0 Å². The second kappa shape index (κ2) is 5.91. The molecule has 1 unspecified atom stereocenters. The highest BCUT2D eigenvalue weighted by atomic mass is 35.5. The number of nitrogens with zero attached hydrogens (tertiary/aromatic N) is 1. The topological polar surface area (TPSA) is 15.3 Å². The quantitative estimate of drug-likeness (QED) is 0.890. The fourth-order valence-corrected chi connectivity index (χ4v) is 3.84. The van der Waals surface area contributed by atoms with Crippen molar-refractivity contribution in [2.45, 2.75) is 50.7 Å². The van der Waals surface area contributed by atoms with Gasteiger partial charge in [0.25, 0.3) is 0 Å². The first-order valence-corrected chi connectivity index (χ1v) is 8.22. The van der Waals surface area contributed by atoms with Gasteiger partial charge in [-0.1, -0.05) is 18.0 Å². The Morgan fingerprint density at radius 2 is 2.17 bits per heavy atom. The third-order valence-corrected chi connectivity index (χ3v) is 5.17. The van der Waals surface area contributed by atoms with Crippen LogP contribution in [-0.4, -0.2) is 30.1 Å². The molecule has 0 amide bonds. The van der Waals surface area contributed by atoms with Gasteiger partial charge < -0.3 is 5.32 Å². The second-order valence-corrected chi connectivity index (χ2v) is 7.31. The first-order chi connectivity index (χ1) is 8.81. The number of nitrogens with one attached hydrogen (secondary N) is 1. The van der Waals surface area contributed by atoms with E-state index in [1.807, 2.05) is 6.07 Å². The van der Waals surface area contributed by atoms with Gasteiger partial charge in [-0.05, 0) is 44.4 Å². The van der Waals surface area contributed by atoms with E-state index in [0.717, 1.165) is 23.0 Å². The molecular weight excluding hydrogens is 264 g/mol. The molecule has 1 aliphatic heterocycles. The maximum atomic E-state index is 6.01. The highest BCUT2D eigenvalue weighted by molar-refractivity contribution is 7.16. The minimum absolute atomic E-state index is 0.722. The zero-order chi connectivity index (χ0) is 12.4. The lowest BCUT2D eigenvalue weighted by atomic mass is 10.0. The molecule has 1 saturated carbocycles. The number of likely N-dealkylation sites (tertiary alicyclic amines) is 1. The van der Waals surface area contributed by atoms with Crippen LogP contribution in [-0.2, 0) is 6.54 Å². The van der Waals surface area contributed by atoms with E-state index in [2.05, 4.69) is 16.3 Å². The van der Waals surface area contributed by atoms with Crippen molar-refractivity contribution < 1.29 is 0 Å². The molecule has 4 heteroatoms. The summed E-state index contributed by atoms with van der Waals surface area (Å²) >= 11 is 7.74. The molecule has 0 radical (unpaired) electrons. The lowest BCUT2D eigenvalue weighted by Gasteiger charge is -2.35. The van der Waals surface area contributed by atoms with Gasteiger partial charge in [-0.15, -0.1) is 11.3 Å². The van der Waals surface area contributed by atoms with Crippen molar-refractivity contribution in [2.75, 3.05) is 13.1 Å². The summed E-state index contributed by atoms with van der Waals surface area (Å²) in [5.41, 5.74) is 0. The molecule has 1 aromatic heterocycles. The second-order valence-electron chi connectivity index (χ2n) is 5.51. The average molecular weight is 285 g/mol. The Hall–Kier alpha value is -0.0900. The average Bonchev–Trinajstić information content (AvgIpc) is 3.12. The molecule has 2 fully saturated rings. The molecule has 1 aliphatic carbocycles. The van der Waals surface area contributed by atoms with E-state index in [1.54, 1.807) is 11.3 Å². The van der Waals surface area contributed by atoms with Crippen LogP contribution in [0, 0.1) is 0 Å². The van der Waals surface area contributed by atoms with Crippen molar-refractivity contribution in [3.63, 3.8) is 0 Å². The first kappa shape index (κ1) is 12.9. The van der Waals surface area contributed by atoms with E-state index in [4.69, 9.17) is 11.6 Å². The van der Waals surface area contributed by atoms with E-state index in [-0.39, 0.29) is 0 Å². The fraction of sp³-hybridized carbons (Fsp3) is 0.714. The zero-order valence-corrected chi connectivity index (χ0v) is 12.3. The molecule has 1 N–H and O–H groups in total. The highest BCUT2D eigenvalue weighted by Crippen LogP contribution is 2.26. The molecule has 0 spiro atoms. The molecule has 2 nitrogen and oxygen atoms in total. The van der Waals surface area contributed by atoms with Crippen LogP contribution in [0.4, 0.5) is 0 Å². The standard InChI is InChI=1S/C14H21ClN2S/c15-14-7-6-13(18-14)10-17-8-2-1-3-12(17)9-16-11-4-5-11/h6-7,11-12,16H,1-5,8-10H2. The van der Waals surface area contributed by atoms with Gasteiger partial charge in [0.05, 0.1) is 4.34 Å². The Morgan fingerprint density at radius 1 is 1.28 bits per heavy atom. The third kappa shape index (κ3) is 3.47. The molecule has 18 heavy (non-hydrogen) atoms. The molecule has 2 aliphatic rings. The molecule has 1 aromatic rings. The van der Waals surface area contributed by atoms with E-state index in [0.29, 0.717) is 0 Å². The SMILES string of the molecule is Clc1ccc(CN2CCCCC2CNC2CC2)s1. The number of piperidine rings is 1. The van der Waals surface area contributed by atoms with E-state index in [1.165, 1.54) is 50.1 Å². The summed E-state index contributed by atoms with van der Waals surface area (Å²) in [7, 11) is 0. The Balaban J connectivity index is 1.56. The van der Waals surface area contributed by atoms with Crippen molar-refractivity contribution >= 4 is 22.9 Å². The number of thiophene rings is 1. The largest absolute Gasteiger partial charge is 0.312 e. The van der Waals surface area contributed by atoms with Crippen LogP contribution in [0.3, 0.4) is 0 Å². The molecular formula is C14H21ClN2S. The minimum atomic E-state index is 0.722. The Kier molecular flexibility index (Phi) is 4.24. The molecule has 100 valence electrons. The van der Waals surface area contributed by atoms with Crippen molar-refractivity contribution in [1.29, 1.82) is 0 Å². The van der Waals surface area contributed by atoms with Gasteiger partial charge >= 0.3 is 0 Å². The summed E-state index contributed by atoms with van der Waals surface area (Å²) in [5.74, 6) is 0. The van der Waals surface area contributed by atoms with Crippen LogP contribution in [0.15, 0.2) is 12.1 Å². The number of rotatable bonds is 5. The molecule has 0 bridgehead atoms. The predicted molar refractivity (Wildman–Crippen MR) is 78.4 cm³/mol. The van der Waals surface area contributed by atoms with Gasteiger partial charge in [-0.3, -0.25) is 4.90 Å². The summed E-state index contributed by atoms with van der Waals surface area (Å²) in [6.45, 7) is 3.49. The van der Waals surface area contributed by atoms with Gasteiger partial charge in [0, 0.05) is 30.1 Å². The summed E-state index contributed by atoms with van der Waals surface area (Å²) in [4.78, 5) is 4.04. The molecule has 2 heterocycles. The Morgan fingerprint density at radius 3 is 2.89 bits per heavy atom. The van der Waals surface area contributed by atoms with Gasteiger partial charge in [0.1, 0.15) is 0 Å². The normalized spacial score (nSPS) is 25.5. The fourth-order valence-electron chi connectivity index (χ4n) is 2.73. The van der Waals surface area contributed by atoms with Crippen molar-refractivity contribution in [1.82, 2.24) is 10.2 Å². The third-order valence-electron chi connectivity index (χ3n) is 3.96. The summed E-state index contributed by atoms with van der Waals surface area (Å²) in [5, 5.41) is 3.68. The van der Waals surface area contributed by atoms with Crippen LogP contribution in [0.1, 0.15) is 37.0 Å². The van der Waals surface area contributed by atoms with Crippen molar-refractivity contribution in [3.05, 3.63) is 21.3 Å². The number of halogens is 1. The zero-order valence-electron chi connectivity index (χ0n) is 10.7. The van der Waals surface area contributed by atoms with Crippen molar-refractivity contribution in [3.8, 4) is 0 Å². The van der Waals surface area contributed by atoms with Crippen LogP contribution >= 0.6 is 22.9 Å². The van der Waals surface area contributed by atoms with Crippen molar-refractivity contribution in [2.24, 2.45) is 0 Å². The molecule has 0 aromatic carbocycles. The highest BCUT2D eigenvalue weighted by Gasteiger charge is 2.26. The summed E-state index contributed by atoms with van der Waals surface area (Å²) in [6.07, 6.45) is 6.84. The number of hydrogen-bond acceptors (Lipinski definition) is 3. The van der Waals surface area contributed by atoms with Gasteiger partial charge in [-0.25, -0.2) is 0 Å². The Bertz CT molecular complexity index is 389. The number of hydrogen-bond donors (Lipinski definition) is 1. The monoisotopic (exact) mass is 284 g/mol. The molecule has 3 rings (SSSR count). The maximum Gasteiger partial charge on any atom is 0.0931 e. The van der Waals surface area contributed by atoms with Crippen LogP contribution < -0.4 is 5.32 Å². The molecule has 1 atom stereocenters. The van der Waals surface area contributed by atoms with Crippen LogP contribution in [0.5, 0.6) is 0 Å². The summed E-state index contributed by atoms with van der Waals surface area (Å²) < 4.78 is 0.912. The Labute approximate surface area is 118 Å². The lowest BCUT2D eigenvalue weighted by molar-refractivity contribution is 0.138. The summed E-state index contributed by atoms with van der Waals surface area (Å²) in [6, 6.07) is 5.74. The minimum Gasteiger partial charge on any atom is -0.312 e. The van der Waals surface area contributed by atoms with Crippen LogP contribution in [0.2, 0.25) is 4.34 Å². The van der Waals surface area contributed by atoms with Crippen LogP contribution in [0.25, 0.3) is 0 Å². The first-order valence-electron chi connectivity index (χ1n) is 7.03. The van der Waals surface area contributed by atoms with Gasteiger partial charge in [0.2, 0.25) is 0 Å². The van der Waals surface area contributed by atoms with E-state index < -0.39 is 0 Å². The van der Waals surface area contributed by atoms with E-state index >= 15 is 0 Å². The lowest BCUT2D eigenvalue weighted by Crippen LogP contribution is -2.45. The van der Waals surface area contributed by atoms with E-state index in [9.17, 15) is 0 Å². The predicted octanol–water partition coefficient (Wildman–Crippen LogP) is 3.51. The maximum absolute atomic E-state index is 6.01. The van der Waals surface area contributed by atoms with Gasteiger partial charge in [-0.2, -0.15) is 0 Å². The molecule has 1 saturated heterocycles. The smallest absolute Gasteiger partial charge is 0.0931 e.